The topological polar surface area (TPSA) is 18.5 Å². The first kappa shape index (κ1) is 34.6. The number of unbranched alkanes of at least 4 members (excludes halogenated alkanes) is 3. The van der Waals surface area contributed by atoms with Crippen LogP contribution in [0.2, 0.25) is 21.6 Å². The summed E-state index contributed by atoms with van der Waals surface area (Å²) in [4.78, 5) is 0. The van der Waals surface area contributed by atoms with Gasteiger partial charge in [-0.15, -0.1) is 0 Å². The molecule has 7 heteroatoms. The van der Waals surface area contributed by atoms with E-state index in [0.29, 0.717) is 3.43 Å². The molecule has 0 fully saturated rings. The van der Waals surface area contributed by atoms with E-state index in [1.807, 2.05) is 0 Å². The molecule has 37 heavy (non-hydrogen) atoms. The van der Waals surface area contributed by atoms with Gasteiger partial charge < -0.3 is 0 Å². The summed E-state index contributed by atoms with van der Waals surface area (Å²) in [6.45, 7) is 13.7. The third kappa shape index (κ3) is 12.5. The molecule has 0 aliphatic carbocycles. The molecule has 0 aliphatic rings. The van der Waals surface area contributed by atoms with Crippen molar-refractivity contribution < 1.29 is 22.3 Å². The number of hydrogen-bond donors (Lipinski definition) is 0. The zero-order chi connectivity index (χ0) is 27.8. The maximum absolute atomic E-state index is 13.2. The van der Waals surface area contributed by atoms with Gasteiger partial charge in [-0.2, -0.15) is 0 Å². The molecule has 1 rings (SSSR count). The normalized spacial score (nSPS) is 13.9. The first-order valence-corrected chi connectivity index (χ1v) is 20.2. The number of alkyl halides is 3. The van der Waals surface area contributed by atoms with E-state index in [9.17, 15) is 13.2 Å². The van der Waals surface area contributed by atoms with Crippen molar-refractivity contribution >= 4 is 29.5 Å². The van der Waals surface area contributed by atoms with Crippen LogP contribution in [-0.4, -0.2) is 42.2 Å². The number of halogens is 3. The van der Waals surface area contributed by atoms with Gasteiger partial charge in [-0.25, -0.2) is 0 Å². The predicted molar refractivity (Wildman–Crippen MR) is 155 cm³/mol. The summed E-state index contributed by atoms with van der Waals surface area (Å²) >= 11 is -0.855. The summed E-state index contributed by atoms with van der Waals surface area (Å²) in [5, 5.41) is 0. The van der Waals surface area contributed by atoms with Gasteiger partial charge in [0.2, 0.25) is 0 Å². The molecule has 2 radical (unpaired) electrons. The average Bonchev–Trinajstić information content (AvgIpc) is 2.90. The van der Waals surface area contributed by atoms with Crippen molar-refractivity contribution in [1.82, 2.24) is 0 Å². The summed E-state index contributed by atoms with van der Waals surface area (Å²) in [5.74, 6) is 0.247. The van der Waals surface area contributed by atoms with Crippen LogP contribution in [-0.2, 0) is 10.6 Å². The molecule has 0 aliphatic heterocycles. The average molecular weight is 648 g/mol. The predicted octanol–water partition coefficient (Wildman–Crippen LogP) is 10.4. The second-order valence-corrected chi connectivity index (χ2v) is 19.9. The van der Waals surface area contributed by atoms with Crippen LogP contribution in [0.15, 0.2) is 34.4 Å². The molecule has 0 heterocycles. The number of ether oxygens (including phenoxy) is 1. The van der Waals surface area contributed by atoms with Gasteiger partial charge in [0, 0.05) is 0 Å². The van der Waals surface area contributed by atoms with Crippen LogP contribution in [0.25, 0.3) is 0 Å². The Balaban J connectivity index is 3.14. The monoisotopic (exact) mass is 648 g/mol. The van der Waals surface area contributed by atoms with Crippen LogP contribution in [0, 0.1) is 0 Å². The first-order chi connectivity index (χ1) is 17.6. The zero-order valence-corrected chi connectivity index (χ0v) is 28.0. The van der Waals surface area contributed by atoms with Crippen LogP contribution in [0.3, 0.4) is 0 Å². The SMILES string of the molecule is CCCC[C](CCCC)(CCCC)[Sn]/[CH]=C/[C@H](COc1cccc(C(F)(F)F)c1)O[Si](CC)(CC)CC. The molecule has 1 aromatic carbocycles. The van der Waals surface area contributed by atoms with E-state index in [0.717, 1.165) is 30.3 Å². The molecule has 0 saturated carbocycles. The Kier molecular flexibility index (Phi) is 16.8. The molecule has 1 aromatic rings. The molecule has 0 N–H and O–H groups in total. The minimum absolute atomic E-state index is 0.219. The van der Waals surface area contributed by atoms with E-state index in [1.165, 1.54) is 63.9 Å². The molecule has 0 saturated heterocycles. The van der Waals surface area contributed by atoms with Crippen molar-refractivity contribution in [1.29, 1.82) is 0 Å². The molecule has 0 aromatic heterocycles. The van der Waals surface area contributed by atoms with E-state index in [-0.39, 0.29) is 18.5 Å². The van der Waals surface area contributed by atoms with E-state index >= 15 is 0 Å². The molecule has 0 spiro atoms. The van der Waals surface area contributed by atoms with E-state index in [1.54, 1.807) is 6.07 Å². The summed E-state index contributed by atoms with van der Waals surface area (Å²) in [6, 6.07) is 8.27. The fraction of sp³-hybridized carbons (Fsp3) is 0.733. The second-order valence-electron chi connectivity index (χ2n) is 10.3. The van der Waals surface area contributed by atoms with Gasteiger partial charge in [-0.05, 0) is 0 Å². The van der Waals surface area contributed by atoms with Crippen molar-refractivity contribution in [3.8, 4) is 5.75 Å². The first-order valence-electron chi connectivity index (χ1n) is 14.5. The molecule has 212 valence electrons. The van der Waals surface area contributed by atoms with E-state index in [4.69, 9.17) is 9.16 Å². The third-order valence-corrected chi connectivity index (χ3v) is 17.2. The van der Waals surface area contributed by atoms with Gasteiger partial charge >= 0.3 is 237 Å². The molecular weight excluding hydrogens is 596 g/mol. The van der Waals surface area contributed by atoms with Gasteiger partial charge in [-0.3, -0.25) is 0 Å². The van der Waals surface area contributed by atoms with Gasteiger partial charge in [0.1, 0.15) is 0 Å². The van der Waals surface area contributed by atoms with Crippen molar-refractivity contribution in [2.45, 2.75) is 133 Å². The van der Waals surface area contributed by atoms with Crippen molar-refractivity contribution in [3.63, 3.8) is 0 Å². The quantitative estimate of drug-likeness (QED) is 0.131. The summed E-state index contributed by atoms with van der Waals surface area (Å²) in [7, 11) is -1.91. The zero-order valence-electron chi connectivity index (χ0n) is 24.2. The Labute approximate surface area is 236 Å². The van der Waals surface area contributed by atoms with Gasteiger partial charge in [0.15, 0.2) is 0 Å². The Bertz CT molecular complexity index is 735. The Hall–Kier alpha value is -0.474. The third-order valence-electron chi connectivity index (χ3n) is 7.64. The molecule has 0 bridgehead atoms. The van der Waals surface area contributed by atoms with Crippen LogP contribution < -0.4 is 4.74 Å². The minimum atomic E-state index is -4.38. The van der Waals surface area contributed by atoms with Gasteiger partial charge in [-0.1, -0.05) is 0 Å². The Morgan fingerprint density at radius 3 is 1.86 bits per heavy atom. The molecule has 0 amide bonds. The van der Waals surface area contributed by atoms with Crippen LogP contribution in [0.5, 0.6) is 5.75 Å². The van der Waals surface area contributed by atoms with E-state index in [2.05, 4.69) is 51.7 Å². The number of hydrogen-bond acceptors (Lipinski definition) is 2. The van der Waals surface area contributed by atoms with Crippen LogP contribution >= 0.6 is 0 Å². The van der Waals surface area contributed by atoms with Gasteiger partial charge in [0.05, 0.1) is 0 Å². The van der Waals surface area contributed by atoms with Gasteiger partial charge in [0.25, 0.3) is 0 Å². The maximum atomic E-state index is 13.2. The molecular formula is C30H51F3O2SiSn. The second kappa shape index (κ2) is 18.0. The Morgan fingerprint density at radius 2 is 1.41 bits per heavy atom. The molecule has 2 nitrogen and oxygen atoms in total. The number of rotatable bonds is 20. The van der Waals surface area contributed by atoms with Crippen molar-refractivity contribution in [2.24, 2.45) is 0 Å². The van der Waals surface area contributed by atoms with Crippen molar-refractivity contribution in [3.05, 3.63) is 40.0 Å². The van der Waals surface area contributed by atoms with Crippen LogP contribution in [0.1, 0.15) is 105 Å². The standard InChI is InChI=1S/C17H24F3O2Si.C13H27.Sn/c1-5-15(22-23(6-2,7-3)8-4)13-21-16-11-9-10-14(12-16)17(18,19)20;1-4-7-10-13(11-8-5-2)12-9-6-3;/h1,5,9-12,15H,6-8,13H2,2-4H3;4-12H2,1-3H3;/t15-;;/m1../s1. The van der Waals surface area contributed by atoms with E-state index < -0.39 is 41.2 Å². The summed E-state index contributed by atoms with van der Waals surface area (Å²) in [5.41, 5.74) is -0.681. The fourth-order valence-electron chi connectivity index (χ4n) is 4.86. The Morgan fingerprint density at radius 1 is 0.865 bits per heavy atom. The molecule has 0 unspecified atom stereocenters. The van der Waals surface area contributed by atoms with Crippen LogP contribution in [0.4, 0.5) is 13.2 Å². The number of benzene rings is 1. The summed E-state index contributed by atoms with van der Waals surface area (Å²) in [6.07, 6.45) is 9.16. The summed E-state index contributed by atoms with van der Waals surface area (Å²) < 4.78 is 55.2. The fourth-order valence-corrected chi connectivity index (χ4v) is 12.3. The molecule has 1 atom stereocenters. The van der Waals surface area contributed by atoms with Crippen molar-refractivity contribution in [2.75, 3.05) is 6.61 Å².